The Morgan fingerprint density at radius 1 is 1.21 bits per heavy atom. The first-order chi connectivity index (χ1) is 14.3. The highest BCUT2D eigenvalue weighted by atomic mass is 16.5. The molecule has 0 saturated carbocycles. The Balaban J connectivity index is 1.24. The van der Waals surface area contributed by atoms with Crippen LogP contribution in [0.5, 0.6) is 0 Å². The minimum Gasteiger partial charge on any atom is -0.376 e. The number of hydrogen-bond donors (Lipinski definition) is 0. The zero-order valence-corrected chi connectivity index (χ0v) is 17.0. The molecule has 1 aliphatic heterocycles. The molecular formula is C22H29N5O2. The van der Waals surface area contributed by atoms with Crippen molar-refractivity contribution in [2.75, 3.05) is 19.7 Å². The first-order valence-electron chi connectivity index (χ1n) is 10.5. The van der Waals surface area contributed by atoms with Crippen molar-refractivity contribution in [2.24, 2.45) is 0 Å². The van der Waals surface area contributed by atoms with Gasteiger partial charge >= 0.3 is 0 Å². The molecule has 0 bridgehead atoms. The number of rotatable bonds is 9. The van der Waals surface area contributed by atoms with Crippen molar-refractivity contribution in [1.82, 2.24) is 24.8 Å². The van der Waals surface area contributed by atoms with Gasteiger partial charge in [0.25, 0.3) is 0 Å². The Labute approximate surface area is 171 Å². The maximum Gasteiger partial charge on any atom is 0.231 e. The largest absolute Gasteiger partial charge is 0.376 e. The van der Waals surface area contributed by atoms with E-state index in [4.69, 9.17) is 9.26 Å². The van der Waals surface area contributed by atoms with Crippen molar-refractivity contribution < 1.29 is 9.26 Å². The molecule has 3 heterocycles. The van der Waals surface area contributed by atoms with Gasteiger partial charge in [-0.3, -0.25) is 9.58 Å². The summed E-state index contributed by atoms with van der Waals surface area (Å²) in [7, 11) is 0. The molecule has 1 atom stereocenters. The van der Waals surface area contributed by atoms with Crippen molar-refractivity contribution in [3.8, 4) is 0 Å². The molecule has 1 aliphatic rings. The molecule has 154 valence electrons. The van der Waals surface area contributed by atoms with Crippen LogP contribution in [0.2, 0.25) is 0 Å². The molecule has 1 unspecified atom stereocenters. The van der Waals surface area contributed by atoms with Gasteiger partial charge in [0.1, 0.15) is 0 Å². The van der Waals surface area contributed by atoms with Gasteiger partial charge in [0, 0.05) is 37.8 Å². The number of ether oxygens (including phenoxy) is 1. The summed E-state index contributed by atoms with van der Waals surface area (Å²) in [6.45, 7) is 7.18. The van der Waals surface area contributed by atoms with Crippen LogP contribution in [-0.2, 0) is 30.9 Å². The zero-order chi connectivity index (χ0) is 19.9. The summed E-state index contributed by atoms with van der Waals surface area (Å²) < 4.78 is 13.3. The summed E-state index contributed by atoms with van der Waals surface area (Å²) >= 11 is 0. The number of likely N-dealkylation sites (tertiary alicyclic amines) is 1. The monoisotopic (exact) mass is 395 g/mol. The van der Waals surface area contributed by atoms with Crippen LogP contribution in [0.1, 0.15) is 48.5 Å². The molecular weight excluding hydrogens is 366 g/mol. The zero-order valence-electron chi connectivity index (χ0n) is 17.0. The van der Waals surface area contributed by atoms with Gasteiger partial charge in [-0.2, -0.15) is 10.1 Å². The van der Waals surface area contributed by atoms with Crippen molar-refractivity contribution in [1.29, 1.82) is 0 Å². The normalized spacial score (nSPS) is 17.6. The molecule has 0 amide bonds. The lowest BCUT2D eigenvalue weighted by Gasteiger charge is -2.30. The predicted octanol–water partition coefficient (Wildman–Crippen LogP) is 3.42. The summed E-state index contributed by atoms with van der Waals surface area (Å²) in [4.78, 5) is 7.09. The van der Waals surface area contributed by atoms with Crippen LogP contribution >= 0.6 is 0 Å². The molecule has 0 radical (unpaired) electrons. The smallest absolute Gasteiger partial charge is 0.231 e. The van der Waals surface area contributed by atoms with Gasteiger partial charge in [0.15, 0.2) is 5.82 Å². The summed E-state index contributed by atoms with van der Waals surface area (Å²) in [5.74, 6) is 1.79. The average molecular weight is 396 g/mol. The number of piperidine rings is 1. The molecule has 1 aromatic carbocycles. The Morgan fingerprint density at radius 2 is 2.10 bits per heavy atom. The van der Waals surface area contributed by atoms with E-state index in [0.717, 1.165) is 50.7 Å². The van der Waals surface area contributed by atoms with Crippen LogP contribution in [0.15, 0.2) is 47.2 Å². The van der Waals surface area contributed by atoms with Crippen molar-refractivity contribution >= 4 is 0 Å². The van der Waals surface area contributed by atoms with Crippen molar-refractivity contribution in [3.63, 3.8) is 0 Å². The standard InChI is InChI=1S/C22H29N5O2/c1-2-27-15-19(13-23-27)14-26-11-6-9-20(16-26)22-24-21(25-29-22)10-12-28-17-18-7-4-3-5-8-18/h3-5,7-8,13,15,20H,2,6,9-12,14,16-17H2,1H3. The second kappa shape index (κ2) is 9.80. The fourth-order valence-electron chi connectivity index (χ4n) is 3.78. The fraction of sp³-hybridized carbons (Fsp3) is 0.500. The van der Waals surface area contributed by atoms with E-state index in [2.05, 4.69) is 45.4 Å². The fourth-order valence-corrected chi connectivity index (χ4v) is 3.78. The highest BCUT2D eigenvalue weighted by Crippen LogP contribution is 2.26. The molecule has 2 aromatic heterocycles. The lowest BCUT2D eigenvalue weighted by molar-refractivity contribution is 0.122. The Morgan fingerprint density at radius 3 is 2.93 bits per heavy atom. The molecule has 4 rings (SSSR count). The van der Waals surface area contributed by atoms with Gasteiger partial charge in [-0.05, 0) is 31.9 Å². The third kappa shape index (κ3) is 5.52. The Bertz CT molecular complexity index is 876. The van der Waals surface area contributed by atoms with Gasteiger partial charge < -0.3 is 9.26 Å². The quantitative estimate of drug-likeness (QED) is 0.517. The van der Waals surface area contributed by atoms with E-state index in [9.17, 15) is 0 Å². The highest BCUT2D eigenvalue weighted by Gasteiger charge is 2.26. The second-order valence-electron chi connectivity index (χ2n) is 7.62. The minimum atomic E-state index is 0.302. The van der Waals surface area contributed by atoms with Gasteiger partial charge in [-0.25, -0.2) is 0 Å². The number of aromatic nitrogens is 4. The number of aryl methyl sites for hydroxylation is 1. The van der Waals surface area contributed by atoms with Crippen molar-refractivity contribution in [3.05, 3.63) is 65.6 Å². The minimum absolute atomic E-state index is 0.302. The molecule has 0 spiro atoms. The van der Waals surface area contributed by atoms with Crippen LogP contribution in [0.4, 0.5) is 0 Å². The molecule has 29 heavy (non-hydrogen) atoms. The first kappa shape index (κ1) is 19.8. The van der Waals surface area contributed by atoms with E-state index in [1.807, 2.05) is 29.1 Å². The lowest BCUT2D eigenvalue weighted by Crippen LogP contribution is -2.33. The molecule has 0 aliphatic carbocycles. The molecule has 0 N–H and O–H groups in total. The topological polar surface area (TPSA) is 69.2 Å². The van der Waals surface area contributed by atoms with E-state index in [-0.39, 0.29) is 0 Å². The van der Waals surface area contributed by atoms with E-state index < -0.39 is 0 Å². The lowest BCUT2D eigenvalue weighted by atomic mass is 9.97. The molecule has 7 heteroatoms. The molecule has 7 nitrogen and oxygen atoms in total. The maximum absolute atomic E-state index is 5.74. The van der Waals surface area contributed by atoms with E-state index in [1.165, 1.54) is 11.1 Å². The molecule has 1 fully saturated rings. The van der Waals surface area contributed by atoms with Crippen LogP contribution in [-0.4, -0.2) is 44.5 Å². The molecule has 1 saturated heterocycles. The van der Waals surface area contributed by atoms with E-state index in [0.29, 0.717) is 25.6 Å². The second-order valence-corrected chi connectivity index (χ2v) is 7.62. The van der Waals surface area contributed by atoms with Gasteiger partial charge in [0.2, 0.25) is 5.89 Å². The van der Waals surface area contributed by atoms with Crippen LogP contribution in [0, 0.1) is 0 Å². The summed E-state index contributed by atoms with van der Waals surface area (Å²) in [6.07, 6.45) is 7.00. The first-order valence-corrected chi connectivity index (χ1v) is 10.5. The van der Waals surface area contributed by atoms with Gasteiger partial charge in [-0.15, -0.1) is 0 Å². The highest BCUT2D eigenvalue weighted by molar-refractivity contribution is 5.13. The van der Waals surface area contributed by atoms with E-state index in [1.54, 1.807) is 0 Å². The summed E-state index contributed by atoms with van der Waals surface area (Å²) in [5, 5.41) is 8.53. The number of benzene rings is 1. The van der Waals surface area contributed by atoms with Crippen LogP contribution in [0.25, 0.3) is 0 Å². The third-order valence-corrected chi connectivity index (χ3v) is 5.34. The number of nitrogens with zero attached hydrogens (tertiary/aromatic N) is 5. The Kier molecular flexibility index (Phi) is 6.69. The van der Waals surface area contributed by atoms with E-state index >= 15 is 0 Å². The Hall–Kier alpha value is -2.51. The maximum atomic E-state index is 5.74. The SMILES string of the molecule is CCn1cc(CN2CCCC(c3nc(CCOCc4ccccc4)no3)C2)cn1. The summed E-state index contributed by atoms with van der Waals surface area (Å²) in [5.41, 5.74) is 2.43. The van der Waals surface area contributed by atoms with Gasteiger partial charge in [-0.1, -0.05) is 35.5 Å². The number of hydrogen-bond acceptors (Lipinski definition) is 6. The van der Waals surface area contributed by atoms with Crippen LogP contribution in [0.3, 0.4) is 0 Å². The summed E-state index contributed by atoms with van der Waals surface area (Å²) in [6, 6.07) is 10.2. The predicted molar refractivity (Wildman–Crippen MR) is 109 cm³/mol. The van der Waals surface area contributed by atoms with Crippen molar-refractivity contribution in [2.45, 2.75) is 51.8 Å². The van der Waals surface area contributed by atoms with Crippen LogP contribution < -0.4 is 0 Å². The average Bonchev–Trinajstić information content (AvgIpc) is 3.42. The third-order valence-electron chi connectivity index (χ3n) is 5.34. The molecule has 3 aromatic rings. The van der Waals surface area contributed by atoms with Gasteiger partial charge in [0.05, 0.1) is 25.3 Å².